The van der Waals surface area contributed by atoms with E-state index in [2.05, 4.69) is 0 Å². The molecule has 8 heteroatoms. The van der Waals surface area contributed by atoms with Crippen LogP contribution in [0.2, 0.25) is 5.02 Å². The molecule has 2 aliphatic rings. The molecule has 134 valence electrons. The van der Waals surface area contributed by atoms with Crippen molar-refractivity contribution in [2.45, 2.75) is 25.3 Å². The molecular weight excluding hydrogens is 360 g/mol. The summed E-state index contributed by atoms with van der Waals surface area (Å²) in [6.07, 6.45) is 1.83. The Labute approximate surface area is 156 Å². The van der Waals surface area contributed by atoms with E-state index in [0.29, 0.717) is 23.0 Å². The van der Waals surface area contributed by atoms with Crippen molar-refractivity contribution in [1.82, 2.24) is 14.3 Å². The summed E-state index contributed by atoms with van der Waals surface area (Å²) in [5.74, 6) is 0.462. The number of nitrogens with zero attached hydrogens (tertiary/aromatic N) is 3. The van der Waals surface area contributed by atoms with Crippen molar-refractivity contribution < 1.29 is 14.4 Å². The molecule has 3 heterocycles. The van der Waals surface area contributed by atoms with E-state index >= 15 is 0 Å². The summed E-state index contributed by atoms with van der Waals surface area (Å²) < 4.78 is 16.1. The van der Waals surface area contributed by atoms with E-state index in [1.54, 1.807) is 0 Å². The predicted molar refractivity (Wildman–Crippen MR) is 97.0 cm³/mol. The molecule has 0 bridgehead atoms. The van der Waals surface area contributed by atoms with Gasteiger partial charge in [0.25, 0.3) is 0 Å². The van der Waals surface area contributed by atoms with Crippen molar-refractivity contribution in [1.29, 1.82) is 0 Å². The van der Waals surface area contributed by atoms with Gasteiger partial charge in [-0.2, -0.15) is 4.68 Å². The van der Waals surface area contributed by atoms with Gasteiger partial charge in [-0.3, -0.25) is 0 Å². The van der Waals surface area contributed by atoms with Gasteiger partial charge in [0.05, 0.1) is 44.2 Å². The van der Waals surface area contributed by atoms with Crippen LogP contribution in [0, 0.1) is 4.77 Å². The highest BCUT2D eigenvalue weighted by atomic mass is 35.5. The van der Waals surface area contributed by atoms with Gasteiger partial charge < -0.3 is 18.9 Å². The highest BCUT2D eigenvalue weighted by molar-refractivity contribution is 7.71. The molecule has 0 radical (unpaired) electrons. The van der Waals surface area contributed by atoms with Crippen molar-refractivity contribution in [2.24, 2.45) is 7.05 Å². The average Bonchev–Trinajstić information content (AvgIpc) is 3.18. The minimum atomic E-state index is -0.336. The predicted octanol–water partition coefficient (Wildman–Crippen LogP) is 1.65. The number of aromatic nitrogens is 3. The standard InChI is InChI=1S/C17H21ClN4O2S/c1-20-15(13-4-2-3-5-14(13)18)19-22(16(20)25)12-21-8-6-17(7-9-21)23-10-11-24-17/h2-5H,6-12H2,1H3/p+1. The van der Waals surface area contributed by atoms with E-state index < -0.39 is 0 Å². The molecule has 25 heavy (non-hydrogen) atoms. The van der Waals surface area contributed by atoms with Gasteiger partial charge in [-0.25, -0.2) is 0 Å². The van der Waals surface area contributed by atoms with E-state index in [1.807, 2.05) is 40.6 Å². The van der Waals surface area contributed by atoms with Crippen LogP contribution in [0.1, 0.15) is 12.8 Å². The van der Waals surface area contributed by atoms with Gasteiger partial charge in [-0.1, -0.05) is 23.7 Å². The molecule has 6 nitrogen and oxygen atoms in total. The van der Waals surface area contributed by atoms with Gasteiger partial charge in [0.2, 0.25) is 4.77 Å². The topological polar surface area (TPSA) is 45.7 Å². The second-order valence-electron chi connectivity index (χ2n) is 6.66. The molecule has 1 aromatic carbocycles. The first-order valence-electron chi connectivity index (χ1n) is 8.58. The van der Waals surface area contributed by atoms with Crippen molar-refractivity contribution in [3.8, 4) is 11.4 Å². The molecule has 1 aromatic heterocycles. The first kappa shape index (κ1) is 17.2. The molecule has 2 fully saturated rings. The highest BCUT2D eigenvalue weighted by Gasteiger charge is 2.41. The van der Waals surface area contributed by atoms with Crippen LogP contribution in [-0.4, -0.2) is 46.4 Å². The number of piperidine rings is 1. The zero-order valence-corrected chi connectivity index (χ0v) is 15.8. The fourth-order valence-electron chi connectivity index (χ4n) is 3.61. The molecule has 0 unspecified atom stereocenters. The maximum absolute atomic E-state index is 6.32. The Balaban J connectivity index is 1.51. The number of halogens is 1. The molecule has 1 spiro atoms. The number of rotatable bonds is 3. The van der Waals surface area contributed by atoms with Crippen molar-refractivity contribution in [3.05, 3.63) is 34.1 Å². The van der Waals surface area contributed by atoms with Gasteiger partial charge in [-0.05, 0) is 24.4 Å². The molecule has 0 saturated carbocycles. The van der Waals surface area contributed by atoms with Crippen LogP contribution in [-0.2, 0) is 23.2 Å². The van der Waals surface area contributed by atoms with Crippen LogP contribution in [0.15, 0.2) is 24.3 Å². The molecule has 2 aromatic rings. The van der Waals surface area contributed by atoms with Gasteiger partial charge in [0.1, 0.15) is 0 Å². The Morgan fingerprint density at radius 1 is 1.24 bits per heavy atom. The molecule has 0 aliphatic carbocycles. The first-order chi connectivity index (χ1) is 12.1. The van der Waals surface area contributed by atoms with Crippen molar-refractivity contribution >= 4 is 23.8 Å². The Kier molecular flexibility index (Phi) is 4.68. The minimum Gasteiger partial charge on any atom is -0.347 e. The second kappa shape index (κ2) is 6.81. The zero-order chi connectivity index (χ0) is 17.4. The molecule has 4 rings (SSSR count). The number of hydrogen-bond acceptors (Lipinski definition) is 4. The number of nitrogens with one attached hydrogen (secondary N) is 1. The van der Waals surface area contributed by atoms with E-state index in [1.165, 1.54) is 4.90 Å². The lowest BCUT2D eigenvalue weighted by molar-refractivity contribution is -0.931. The molecular formula is C17H22ClN4O2S+. The molecule has 0 atom stereocenters. The zero-order valence-electron chi connectivity index (χ0n) is 14.2. The second-order valence-corrected chi connectivity index (χ2v) is 7.43. The maximum atomic E-state index is 6.32. The number of quaternary nitrogens is 1. The Morgan fingerprint density at radius 2 is 1.92 bits per heavy atom. The quantitative estimate of drug-likeness (QED) is 0.821. The Bertz CT molecular complexity index is 818. The average molecular weight is 382 g/mol. The van der Waals surface area contributed by atoms with Gasteiger partial charge in [0.15, 0.2) is 18.3 Å². The summed E-state index contributed by atoms with van der Waals surface area (Å²) >= 11 is 11.9. The van der Waals surface area contributed by atoms with Crippen LogP contribution in [0.3, 0.4) is 0 Å². The normalized spacial score (nSPS) is 20.4. The fourth-order valence-corrected chi connectivity index (χ4v) is 4.02. The third-order valence-electron chi connectivity index (χ3n) is 5.06. The van der Waals surface area contributed by atoms with E-state index in [9.17, 15) is 0 Å². The number of likely N-dealkylation sites (tertiary alicyclic amines) is 1. The maximum Gasteiger partial charge on any atom is 0.202 e. The number of benzene rings is 1. The van der Waals surface area contributed by atoms with Crippen molar-refractivity contribution in [2.75, 3.05) is 26.3 Å². The summed E-state index contributed by atoms with van der Waals surface area (Å²) in [6, 6.07) is 7.71. The van der Waals surface area contributed by atoms with Gasteiger partial charge in [-0.15, -0.1) is 5.10 Å². The van der Waals surface area contributed by atoms with E-state index in [-0.39, 0.29) is 5.79 Å². The smallest absolute Gasteiger partial charge is 0.202 e. The van der Waals surface area contributed by atoms with Crippen LogP contribution >= 0.6 is 23.8 Å². The largest absolute Gasteiger partial charge is 0.347 e. The molecule has 1 N–H and O–H groups in total. The number of ether oxygens (including phenoxy) is 2. The van der Waals surface area contributed by atoms with Crippen LogP contribution in [0.5, 0.6) is 0 Å². The third-order valence-corrected chi connectivity index (χ3v) is 5.88. The summed E-state index contributed by atoms with van der Waals surface area (Å²) in [7, 11) is 1.94. The Hall–Kier alpha value is -1.25. The fraction of sp³-hybridized carbons (Fsp3) is 0.529. The van der Waals surface area contributed by atoms with Gasteiger partial charge in [0, 0.05) is 12.6 Å². The summed E-state index contributed by atoms with van der Waals surface area (Å²) in [6.45, 7) is 4.14. The van der Waals surface area contributed by atoms with E-state index in [4.69, 9.17) is 38.4 Å². The SMILES string of the molecule is Cn1c(-c2ccccc2Cl)nn(C[NH+]2CCC3(CC2)OCCO3)c1=S. The molecule has 2 aliphatic heterocycles. The Morgan fingerprint density at radius 3 is 2.60 bits per heavy atom. The van der Waals surface area contributed by atoms with E-state index in [0.717, 1.165) is 44.0 Å². The first-order valence-corrected chi connectivity index (χ1v) is 9.37. The number of hydrogen-bond donors (Lipinski definition) is 1. The van der Waals surface area contributed by atoms with Crippen molar-refractivity contribution in [3.63, 3.8) is 0 Å². The molecule has 0 amide bonds. The third kappa shape index (κ3) is 3.27. The van der Waals surface area contributed by atoms with Gasteiger partial charge >= 0.3 is 0 Å². The lowest BCUT2D eigenvalue weighted by Crippen LogP contribution is -3.13. The monoisotopic (exact) mass is 381 g/mol. The van der Waals surface area contributed by atoms with Crippen LogP contribution in [0.4, 0.5) is 0 Å². The summed E-state index contributed by atoms with van der Waals surface area (Å²) in [5, 5.41) is 5.41. The highest BCUT2D eigenvalue weighted by Crippen LogP contribution is 2.28. The lowest BCUT2D eigenvalue weighted by atomic mass is 10.0. The van der Waals surface area contributed by atoms with Crippen LogP contribution in [0.25, 0.3) is 11.4 Å². The lowest BCUT2D eigenvalue weighted by Gasteiger charge is -2.34. The minimum absolute atomic E-state index is 0.336. The summed E-state index contributed by atoms with van der Waals surface area (Å²) in [4.78, 5) is 1.43. The summed E-state index contributed by atoms with van der Waals surface area (Å²) in [5.41, 5.74) is 0.900. The molecule has 2 saturated heterocycles. The van der Waals surface area contributed by atoms with Crippen LogP contribution < -0.4 is 4.90 Å².